The van der Waals surface area contributed by atoms with Gasteiger partial charge in [0, 0.05) is 5.56 Å². The monoisotopic (exact) mass is 269 g/mol. The second kappa shape index (κ2) is 4.91. The Morgan fingerprint density at radius 1 is 1.20 bits per heavy atom. The predicted molar refractivity (Wildman–Crippen MR) is 79.7 cm³/mol. The lowest BCUT2D eigenvalue weighted by atomic mass is 9.88. The molecule has 1 saturated heterocycles. The number of β-amino-alcohol motifs (C(OH)–C–C–N with tert-alkyl or cyclic N) is 1. The Kier molecular flexibility index (Phi) is 3.22. The van der Waals surface area contributed by atoms with Gasteiger partial charge in [-0.05, 0) is 29.3 Å². The Hall–Kier alpha value is -1.87. The first-order valence-electron chi connectivity index (χ1n) is 7.12. The Morgan fingerprint density at radius 3 is 2.60 bits per heavy atom. The average molecular weight is 269 g/mol. The van der Waals surface area contributed by atoms with Crippen LogP contribution < -0.4 is 0 Å². The number of fused-ring (bicyclic) bond motifs is 1. The molecular formula is C17H19NO2. The fraction of sp³-hybridized carbons (Fsp3) is 0.353. The molecule has 1 heterocycles. The second-order valence-corrected chi connectivity index (χ2v) is 5.70. The highest BCUT2D eigenvalue weighted by Crippen LogP contribution is 2.28. The summed E-state index contributed by atoms with van der Waals surface area (Å²) in [5.74, 6) is 0.0107. The third-order valence-corrected chi connectivity index (χ3v) is 3.97. The molecule has 1 N–H and O–H groups in total. The minimum Gasteiger partial charge on any atom is -0.386 e. The van der Waals surface area contributed by atoms with E-state index in [2.05, 4.69) is 0 Å². The summed E-state index contributed by atoms with van der Waals surface area (Å²) in [6, 6.07) is 13.8. The second-order valence-electron chi connectivity index (χ2n) is 5.70. The average Bonchev–Trinajstić information content (AvgIpc) is 2.43. The zero-order chi connectivity index (χ0) is 14.2. The maximum absolute atomic E-state index is 12.4. The van der Waals surface area contributed by atoms with E-state index >= 15 is 0 Å². The van der Waals surface area contributed by atoms with E-state index in [0.29, 0.717) is 18.7 Å². The molecule has 1 amide bonds. The quantitative estimate of drug-likeness (QED) is 0.930. The van der Waals surface area contributed by atoms with E-state index in [1.54, 1.807) is 4.90 Å². The van der Waals surface area contributed by atoms with Gasteiger partial charge in [0.15, 0.2) is 0 Å². The first kappa shape index (κ1) is 13.1. The largest absolute Gasteiger partial charge is 0.386 e. The Morgan fingerprint density at radius 2 is 1.90 bits per heavy atom. The summed E-state index contributed by atoms with van der Waals surface area (Å²) in [6.45, 7) is 2.95. The van der Waals surface area contributed by atoms with Crippen molar-refractivity contribution in [2.45, 2.75) is 25.4 Å². The molecule has 0 atom stereocenters. The van der Waals surface area contributed by atoms with Gasteiger partial charge in [0.1, 0.15) is 0 Å². The number of rotatable bonds is 3. The number of amides is 1. The molecule has 0 unspecified atom stereocenters. The maximum atomic E-state index is 12.4. The van der Waals surface area contributed by atoms with Crippen LogP contribution in [0.2, 0.25) is 0 Å². The van der Waals surface area contributed by atoms with Gasteiger partial charge in [0.25, 0.3) is 5.91 Å². The van der Waals surface area contributed by atoms with Crippen LogP contribution in [0.5, 0.6) is 0 Å². The Labute approximate surface area is 118 Å². The topological polar surface area (TPSA) is 40.5 Å². The smallest absolute Gasteiger partial charge is 0.254 e. The highest BCUT2D eigenvalue weighted by atomic mass is 16.3. The van der Waals surface area contributed by atoms with E-state index in [-0.39, 0.29) is 5.91 Å². The molecule has 3 nitrogen and oxygen atoms in total. The van der Waals surface area contributed by atoms with Crippen molar-refractivity contribution in [3.63, 3.8) is 0 Å². The molecule has 3 rings (SSSR count). The molecule has 1 aliphatic heterocycles. The molecule has 0 aromatic heterocycles. The molecule has 1 aliphatic rings. The fourth-order valence-electron chi connectivity index (χ4n) is 2.94. The first-order valence-corrected chi connectivity index (χ1v) is 7.12. The molecule has 2 aromatic carbocycles. The van der Waals surface area contributed by atoms with Crippen LogP contribution in [0.15, 0.2) is 42.5 Å². The van der Waals surface area contributed by atoms with Crippen LogP contribution in [0.3, 0.4) is 0 Å². The van der Waals surface area contributed by atoms with Crippen LogP contribution in [-0.4, -0.2) is 34.6 Å². The van der Waals surface area contributed by atoms with Crippen LogP contribution in [0.1, 0.15) is 30.1 Å². The van der Waals surface area contributed by atoms with E-state index in [1.807, 2.05) is 49.4 Å². The van der Waals surface area contributed by atoms with Crippen LogP contribution in [0.25, 0.3) is 10.8 Å². The minimum atomic E-state index is -0.665. The van der Waals surface area contributed by atoms with Gasteiger partial charge in [0.2, 0.25) is 0 Å². The molecule has 2 aromatic rings. The van der Waals surface area contributed by atoms with Crippen LogP contribution in [0, 0.1) is 0 Å². The summed E-state index contributed by atoms with van der Waals surface area (Å²) in [5.41, 5.74) is 0.0311. The lowest BCUT2D eigenvalue weighted by molar-refractivity contribution is -0.0860. The van der Waals surface area contributed by atoms with E-state index in [0.717, 1.165) is 23.6 Å². The van der Waals surface area contributed by atoms with E-state index in [4.69, 9.17) is 0 Å². The van der Waals surface area contributed by atoms with Crippen molar-refractivity contribution < 1.29 is 9.90 Å². The zero-order valence-electron chi connectivity index (χ0n) is 11.7. The van der Waals surface area contributed by atoms with Gasteiger partial charge in [0.05, 0.1) is 18.7 Å². The van der Waals surface area contributed by atoms with Gasteiger partial charge in [-0.3, -0.25) is 4.79 Å². The summed E-state index contributed by atoms with van der Waals surface area (Å²) in [7, 11) is 0. The summed E-state index contributed by atoms with van der Waals surface area (Å²) in [4.78, 5) is 14.1. The van der Waals surface area contributed by atoms with Crippen molar-refractivity contribution in [2.75, 3.05) is 13.1 Å². The molecule has 0 spiro atoms. The molecule has 20 heavy (non-hydrogen) atoms. The Bertz CT molecular complexity index is 644. The number of benzene rings is 2. The molecular weight excluding hydrogens is 250 g/mol. The van der Waals surface area contributed by atoms with Crippen molar-refractivity contribution >= 4 is 16.7 Å². The molecule has 0 bridgehead atoms. The highest BCUT2D eigenvalue weighted by Gasteiger charge is 2.42. The van der Waals surface area contributed by atoms with Gasteiger partial charge in [-0.15, -0.1) is 0 Å². The highest BCUT2D eigenvalue weighted by molar-refractivity contribution is 5.99. The first-order chi connectivity index (χ1) is 9.61. The molecule has 1 fully saturated rings. The number of likely N-dealkylation sites (tertiary alicyclic amines) is 1. The number of carbonyl (C=O) groups excluding carboxylic acids is 1. The number of hydrogen-bond acceptors (Lipinski definition) is 2. The standard InChI is InChI=1S/C17H19NO2/c1-2-9-17(20)11-18(12-17)16(19)15-8-7-13-5-3-4-6-14(13)10-15/h3-8,10,20H,2,9,11-12H2,1H3. The predicted octanol–water partition coefficient (Wildman–Crippen LogP) is 2.83. The number of aliphatic hydroxyl groups is 1. The maximum Gasteiger partial charge on any atom is 0.254 e. The van der Waals surface area contributed by atoms with E-state index in [9.17, 15) is 9.90 Å². The van der Waals surface area contributed by atoms with Crippen molar-refractivity contribution in [3.8, 4) is 0 Å². The van der Waals surface area contributed by atoms with Gasteiger partial charge in [-0.1, -0.05) is 43.7 Å². The Balaban J connectivity index is 1.77. The third kappa shape index (κ3) is 2.29. The molecule has 0 saturated carbocycles. The van der Waals surface area contributed by atoms with Crippen LogP contribution >= 0.6 is 0 Å². The lowest BCUT2D eigenvalue weighted by Gasteiger charge is -2.46. The van der Waals surface area contributed by atoms with Crippen LogP contribution in [0.4, 0.5) is 0 Å². The zero-order valence-corrected chi connectivity index (χ0v) is 11.7. The number of carbonyl (C=O) groups is 1. The lowest BCUT2D eigenvalue weighted by Crippen LogP contribution is -2.63. The molecule has 0 radical (unpaired) electrons. The normalized spacial score (nSPS) is 17.0. The summed E-state index contributed by atoms with van der Waals surface area (Å²) in [6.07, 6.45) is 1.70. The van der Waals surface area contributed by atoms with Crippen LogP contribution in [-0.2, 0) is 0 Å². The third-order valence-electron chi connectivity index (χ3n) is 3.97. The van der Waals surface area contributed by atoms with Crippen molar-refractivity contribution in [3.05, 3.63) is 48.0 Å². The summed E-state index contributed by atoms with van der Waals surface area (Å²) in [5, 5.41) is 12.4. The SMILES string of the molecule is CCCC1(O)CN(C(=O)c2ccc3ccccc3c2)C1. The fourth-order valence-corrected chi connectivity index (χ4v) is 2.94. The van der Waals surface area contributed by atoms with Gasteiger partial charge in [-0.2, -0.15) is 0 Å². The molecule has 0 aliphatic carbocycles. The number of hydrogen-bond donors (Lipinski definition) is 1. The van der Waals surface area contributed by atoms with Gasteiger partial charge in [-0.25, -0.2) is 0 Å². The van der Waals surface area contributed by atoms with Crippen molar-refractivity contribution in [2.24, 2.45) is 0 Å². The van der Waals surface area contributed by atoms with Crippen molar-refractivity contribution in [1.29, 1.82) is 0 Å². The summed E-state index contributed by atoms with van der Waals surface area (Å²) >= 11 is 0. The minimum absolute atomic E-state index is 0.0107. The van der Waals surface area contributed by atoms with Gasteiger partial charge >= 0.3 is 0 Å². The molecule has 104 valence electrons. The summed E-state index contributed by atoms with van der Waals surface area (Å²) < 4.78 is 0. The number of nitrogens with zero attached hydrogens (tertiary/aromatic N) is 1. The molecule has 3 heteroatoms. The van der Waals surface area contributed by atoms with Gasteiger partial charge < -0.3 is 10.0 Å². The van der Waals surface area contributed by atoms with E-state index in [1.165, 1.54) is 0 Å². The van der Waals surface area contributed by atoms with E-state index < -0.39 is 5.60 Å². The van der Waals surface area contributed by atoms with Crippen molar-refractivity contribution in [1.82, 2.24) is 4.90 Å².